The Balaban J connectivity index is 1.58. The van der Waals surface area contributed by atoms with Gasteiger partial charge in [-0.2, -0.15) is 5.10 Å². The van der Waals surface area contributed by atoms with Crippen LogP contribution in [-0.4, -0.2) is 27.6 Å². The fourth-order valence-corrected chi connectivity index (χ4v) is 4.49. The van der Waals surface area contributed by atoms with E-state index in [4.69, 9.17) is 14.8 Å². The Morgan fingerprint density at radius 3 is 2.42 bits per heavy atom. The molecule has 0 aliphatic rings. The van der Waals surface area contributed by atoms with E-state index in [0.29, 0.717) is 12.8 Å². The average molecular weight is 443 g/mol. The van der Waals surface area contributed by atoms with Crippen LogP contribution in [0, 0.1) is 34.6 Å². The number of methoxy groups -OCH3 is 1. The topological polar surface area (TPSA) is 68.5 Å². The predicted molar refractivity (Wildman–Crippen MR) is 132 cm³/mol. The number of aryl methyl sites for hydroxylation is 5. The number of hydrogen-bond donors (Lipinski definition) is 1. The van der Waals surface area contributed by atoms with Crippen LogP contribution in [0.25, 0.3) is 16.9 Å². The van der Waals surface area contributed by atoms with Crippen molar-refractivity contribution in [3.63, 3.8) is 0 Å². The van der Waals surface area contributed by atoms with Crippen LogP contribution < -0.4 is 10.1 Å². The van der Waals surface area contributed by atoms with Crippen LogP contribution in [0.4, 0.5) is 5.69 Å². The fraction of sp³-hybridized carbons (Fsp3) is 0.296. The molecule has 2 aromatic carbocycles. The van der Waals surface area contributed by atoms with Gasteiger partial charge in [-0.05, 0) is 69.9 Å². The van der Waals surface area contributed by atoms with Crippen LogP contribution in [0.2, 0.25) is 0 Å². The van der Waals surface area contributed by atoms with Crippen LogP contribution in [0.5, 0.6) is 5.75 Å². The van der Waals surface area contributed by atoms with Crippen LogP contribution >= 0.6 is 0 Å². The van der Waals surface area contributed by atoms with Crippen molar-refractivity contribution in [1.82, 2.24) is 14.6 Å². The number of benzene rings is 2. The first-order valence-electron chi connectivity index (χ1n) is 11.2. The van der Waals surface area contributed by atoms with Gasteiger partial charge in [0, 0.05) is 35.1 Å². The minimum absolute atomic E-state index is 0.000809. The summed E-state index contributed by atoms with van der Waals surface area (Å²) in [7, 11) is 1.66. The van der Waals surface area contributed by atoms with Gasteiger partial charge in [0.25, 0.3) is 0 Å². The van der Waals surface area contributed by atoms with E-state index >= 15 is 0 Å². The van der Waals surface area contributed by atoms with Gasteiger partial charge in [0.05, 0.1) is 12.8 Å². The lowest BCUT2D eigenvalue weighted by Crippen LogP contribution is -2.15. The molecule has 0 aliphatic carbocycles. The second-order valence-electron chi connectivity index (χ2n) is 8.58. The van der Waals surface area contributed by atoms with Gasteiger partial charge in [0.15, 0.2) is 5.65 Å². The van der Waals surface area contributed by atoms with Crippen molar-refractivity contribution in [2.45, 2.75) is 47.5 Å². The Labute approximate surface area is 194 Å². The Bertz CT molecular complexity index is 1330. The number of para-hydroxylation sites is 1. The summed E-state index contributed by atoms with van der Waals surface area (Å²) in [6.07, 6.45) is 0.975. The van der Waals surface area contributed by atoms with Gasteiger partial charge < -0.3 is 10.1 Å². The molecule has 6 heteroatoms. The van der Waals surface area contributed by atoms with Gasteiger partial charge in [0.2, 0.25) is 5.91 Å². The molecule has 0 saturated heterocycles. The summed E-state index contributed by atoms with van der Waals surface area (Å²) < 4.78 is 7.35. The molecule has 170 valence electrons. The molecule has 0 bridgehead atoms. The molecule has 33 heavy (non-hydrogen) atoms. The van der Waals surface area contributed by atoms with Gasteiger partial charge in [-0.25, -0.2) is 9.50 Å². The SMILES string of the molecule is COc1ccccc1-c1cc2nc(C)c(CCC(=O)Nc3c(C)cc(C)cc3C)c(C)n2n1. The third kappa shape index (κ3) is 4.46. The molecule has 0 aliphatic heterocycles. The highest BCUT2D eigenvalue weighted by atomic mass is 16.5. The summed E-state index contributed by atoms with van der Waals surface area (Å²) in [6, 6.07) is 14.0. The number of anilines is 1. The molecule has 0 radical (unpaired) electrons. The lowest BCUT2D eigenvalue weighted by molar-refractivity contribution is -0.116. The van der Waals surface area contributed by atoms with Gasteiger partial charge in [-0.3, -0.25) is 4.79 Å². The van der Waals surface area contributed by atoms with E-state index in [1.165, 1.54) is 5.56 Å². The zero-order valence-corrected chi connectivity index (χ0v) is 20.1. The Morgan fingerprint density at radius 2 is 1.73 bits per heavy atom. The molecule has 4 rings (SSSR count). The van der Waals surface area contributed by atoms with E-state index in [9.17, 15) is 4.79 Å². The fourth-order valence-electron chi connectivity index (χ4n) is 4.49. The normalized spacial score (nSPS) is 11.1. The van der Waals surface area contributed by atoms with Gasteiger partial charge in [-0.15, -0.1) is 0 Å². The Kier molecular flexibility index (Phi) is 6.18. The minimum atomic E-state index is -0.000809. The molecule has 4 aromatic rings. The Hall–Kier alpha value is -3.67. The number of hydrogen-bond acceptors (Lipinski definition) is 4. The maximum atomic E-state index is 12.8. The first-order chi connectivity index (χ1) is 15.8. The van der Waals surface area contributed by atoms with Crippen LogP contribution in [-0.2, 0) is 11.2 Å². The number of fused-ring (bicyclic) bond motifs is 1. The van der Waals surface area contributed by atoms with E-state index in [2.05, 4.69) is 24.4 Å². The number of carbonyl (C=O) groups excluding carboxylic acids is 1. The molecular weight excluding hydrogens is 412 g/mol. The maximum absolute atomic E-state index is 12.8. The molecule has 2 heterocycles. The molecule has 6 nitrogen and oxygen atoms in total. The number of carbonyl (C=O) groups is 1. The lowest BCUT2D eigenvalue weighted by Gasteiger charge is -2.14. The molecule has 1 amide bonds. The summed E-state index contributed by atoms with van der Waals surface area (Å²) in [5, 5.41) is 7.89. The Morgan fingerprint density at radius 1 is 1.03 bits per heavy atom. The predicted octanol–water partition coefficient (Wildman–Crippen LogP) is 5.52. The van der Waals surface area contributed by atoms with E-state index in [-0.39, 0.29) is 5.91 Å². The first-order valence-corrected chi connectivity index (χ1v) is 11.2. The van der Waals surface area contributed by atoms with Crippen LogP contribution in [0.3, 0.4) is 0 Å². The van der Waals surface area contributed by atoms with Crippen molar-refractivity contribution in [3.8, 4) is 17.0 Å². The second-order valence-corrected chi connectivity index (χ2v) is 8.58. The standard InChI is InChI=1S/C27H30N4O2/c1-16-13-17(2)27(18(3)14-16)29-26(32)12-11-21-19(4)28-25-15-23(30-31(25)20(21)5)22-9-7-8-10-24(22)33-6/h7-10,13-15H,11-12H2,1-6H3,(H,29,32). The van der Waals surface area contributed by atoms with Crippen LogP contribution in [0.1, 0.15) is 40.1 Å². The largest absolute Gasteiger partial charge is 0.496 e. The summed E-state index contributed by atoms with van der Waals surface area (Å²) in [5.74, 6) is 0.771. The summed E-state index contributed by atoms with van der Waals surface area (Å²) in [4.78, 5) is 17.5. The first kappa shape index (κ1) is 22.5. The van der Waals surface area contributed by atoms with Crippen molar-refractivity contribution in [2.75, 3.05) is 12.4 Å². The number of amides is 1. The highest BCUT2D eigenvalue weighted by Crippen LogP contribution is 2.30. The average Bonchev–Trinajstić information content (AvgIpc) is 3.20. The van der Waals surface area contributed by atoms with Crippen LogP contribution in [0.15, 0.2) is 42.5 Å². The summed E-state index contributed by atoms with van der Waals surface area (Å²) in [6.45, 7) is 10.1. The van der Waals surface area contributed by atoms with Crippen molar-refractivity contribution < 1.29 is 9.53 Å². The highest BCUT2D eigenvalue weighted by Gasteiger charge is 2.16. The van der Waals surface area contributed by atoms with Gasteiger partial charge in [0.1, 0.15) is 5.75 Å². The van der Waals surface area contributed by atoms with Crippen molar-refractivity contribution >= 4 is 17.2 Å². The molecule has 2 aromatic heterocycles. The zero-order valence-electron chi connectivity index (χ0n) is 20.1. The van der Waals surface area contributed by atoms with Gasteiger partial charge in [-0.1, -0.05) is 29.8 Å². The van der Waals surface area contributed by atoms with Crippen molar-refractivity contribution in [3.05, 3.63) is 76.1 Å². The molecule has 0 atom stereocenters. The molecule has 1 N–H and O–H groups in total. The third-order valence-corrected chi connectivity index (χ3v) is 6.09. The van der Waals surface area contributed by atoms with Crippen molar-refractivity contribution in [2.24, 2.45) is 0 Å². The lowest BCUT2D eigenvalue weighted by atomic mass is 10.0. The molecular formula is C27H30N4O2. The monoisotopic (exact) mass is 442 g/mol. The number of nitrogens with one attached hydrogen (secondary N) is 1. The number of aromatic nitrogens is 3. The van der Waals surface area contributed by atoms with E-state index in [1.807, 2.05) is 62.5 Å². The summed E-state index contributed by atoms with van der Waals surface area (Å²) >= 11 is 0. The molecule has 0 saturated carbocycles. The quantitative estimate of drug-likeness (QED) is 0.427. The van der Waals surface area contributed by atoms with Crippen molar-refractivity contribution in [1.29, 1.82) is 0 Å². The van der Waals surface area contributed by atoms with Gasteiger partial charge >= 0.3 is 0 Å². The smallest absolute Gasteiger partial charge is 0.224 e. The summed E-state index contributed by atoms with van der Waals surface area (Å²) in [5.41, 5.74) is 9.73. The zero-order chi connectivity index (χ0) is 23.7. The molecule has 0 spiro atoms. The van der Waals surface area contributed by atoms with E-state index < -0.39 is 0 Å². The molecule has 0 unspecified atom stereocenters. The molecule has 0 fully saturated rings. The maximum Gasteiger partial charge on any atom is 0.224 e. The van der Waals surface area contributed by atoms with E-state index in [1.54, 1.807) is 7.11 Å². The number of ether oxygens (including phenoxy) is 1. The van der Waals surface area contributed by atoms with E-state index in [0.717, 1.165) is 56.4 Å². The minimum Gasteiger partial charge on any atom is -0.496 e. The number of rotatable bonds is 6. The second kappa shape index (κ2) is 9.06. The number of nitrogens with zero attached hydrogens (tertiary/aromatic N) is 3. The third-order valence-electron chi connectivity index (χ3n) is 6.09. The highest BCUT2D eigenvalue weighted by molar-refractivity contribution is 5.92.